The molecule has 0 saturated carbocycles. The number of carboxylic acid groups (broad SMARTS) is 2. The summed E-state index contributed by atoms with van der Waals surface area (Å²) in [6.07, 6.45) is 36.3. The van der Waals surface area contributed by atoms with E-state index in [1.807, 2.05) is 0 Å². The van der Waals surface area contributed by atoms with E-state index in [1.54, 1.807) is 73.6 Å². The number of unbranched alkanes of at least 4 members (excludes halogenated alkanes) is 8. The molecule has 2 N–H and O–H groups in total. The van der Waals surface area contributed by atoms with E-state index in [-0.39, 0.29) is 11.1 Å². The van der Waals surface area contributed by atoms with Gasteiger partial charge in [0.05, 0.1) is 11.1 Å². The van der Waals surface area contributed by atoms with Crippen LogP contribution >= 0.6 is 26.3 Å². The van der Waals surface area contributed by atoms with Gasteiger partial charge in [-0.15, -0.1) is 0 Å². The maximum atomic E-state index is 10.7. The molecule has 0 heterocycles. The zero-order chi connectivity index (χ0) is 39.8. The van der Waals surface area contributed by atoms with Crippen LogP contribution in [0.1, 0.15) is 179 Å². The largest absolute Gasteiger partial charge is 0.478 e. The van der Waals surface area contributed by atoms with E-state index in [4.69, 9.17) is 10.2 Å². The average Bonchev–Trinajstić information content (AvgIpc) is 3.17. The summed E-state index contributed by atoms with van der Waals surface area (Å²) in [5, 5.41) is 17.6. The van der Waals surface area contributed by atoms with Crippen molar-refractivity contribution in [3.63, 3.8) is 0 Å². The van der Waals surface area contributed by atoms with Crippen molar-refractivity contribution in [2.24, 2.45) is 0 Å². The molecule has 0 atom stereocenters. The first-order chi connectivity index (χ1) is 25.5. The topological polar surface area (TPSA) is 74.6 Å². The van der Waals surface area contributed by atoms with Crippen LogP contribution in [0.4, 0.5) is 0 Å². The maximum Gasteiger partial charge on any atom is 0.335 e. The molecular formula is C46H84O4P2S. The SMILES string of the molecule is CCCC[PH](CCCC)(CCCC)CCCC.CCCC[PH](CCCC)(CCCC)CCCC.O=C(O)c1ccc(Sc2ccc(C(=O)O)cc2)cc1. The second kappa shape index (κ2) is 32.8. The van der Waals surface area contributed by atoms with Crippen LogP contribution in [0.2, 0.25) is 0 Å². The molecule has 2 aromatic rings. The van der Waals surface area contributed by atoms with Gasteiger partial charge in [-0.25, -0.2) is 9.59 Å². The van der Waals surface area contributed by atoms with Gasteiger partial charge in [0.15, 0.2) is 0 Å². The summed E-state index contributed by atoms with van der Waals surface area (Å²) in [4.78, 5) is 23.2. The zero-order valence-corrected chi connectivity index (χ0v) is 38.5. The fraction of sp³-hybridized carbons (Fsp3) is 0.696. The van der Waals surface area contributed by atoms with E-state index < -0.39 is 26.5 Å². The first kappa shape index (κ1) is 51.6. The van der Waals surface area contributed by atoms with Gasteiger partial charge in [0, 0.05) is 9.79 Å². The molecule has 7 heteroatoms. The predicted molar refractivity (Wildman–Crippen MR) is 246 cm³/mol. The summed E-state index contributed by atoms with van der Waals surface area (Å²) in [6, 6.07) is 13.0. The van der Waals surface area contributed by atoms with Gasteiger partial charge >= 0.3 is 234 Å². The number of benzene rings is 2. The number of carboxylic acids is 2. The molecule has 0 spiro atoms. The molecule has 0 saturated heterocycles. The number of carbonyl (C=O) groups is 2. The molecule has 4 nitrogen and oxygen atoms in total. The molecule has 0 aliphatic heterocycles. The van der Waals surface area contributed by atoms with Gasteiger partial charge in [-0.05, 0) is 48.5 Å². The van der Waals surface area contributed by atoms with E-state index >= 15 is 0 Å². The minimum absolute atomic E-state index is 0.241. The van der Waals surface area contributed by atoms with E-state index in [0.29, 0.717) is 0 Å². The van der Waals surface area contributed by atoms with E-state index in [1.165, 1.54) is 139 Å². The van der Waals surface area contributed by atoms with Crippen molar-refractivity contribution >= 4 is 38.2 Å². The van der Waals surface area contributed by atoms with Crippen LogP contribution in [-0.2, 0) is 0 Å². The van der Waals surface area contributed by atoms with E-state index in [9.17, 15) is 9.59 Å². The first-order valence-electron chi connectivity index (χ1n) is 21.9. The smallest absolute Gasteiger partial charge is 0.335 e. The Balaban J connectivity index is 0.000000768. The summed E-state index contributed by atoms with van der Waals surface area (Å²) in [6.45, 7) is 18.9. The molecule has 0 aliphatic carbocycles. The molecule has 308 valence electrons. The van der Waals surface area contributed by atoms with Crippen molar-refractivity contribution in [3.8, 4) is 0 Å². The first-order valence-corrected chi connectivity index (χ1v) is 28.4. The van der Waals surface area contributed by atoms with Gasteiger partial charge in [0.1, 0.15) is 0 Å². The minimum atomic E-state index is -0.956. The van der Waals surface area contributed by atoms with Gasteiger partial charge in [0.2, 0.25) is 0 Å². The van der Waals surface area contributed by atoms with Gasteiger partial charge in [-0.1, -0.05) is 11.8 Å². The van der Waals surface area contributed by atoms with Gasteiger partial charge in [-0.3, -0.25) is 0 Å². The standard InChI is InChI=1S/2C16H37P.C14H10O4S/c2*1-5-9-13-17(14-10-6-2,15-11-7-3)16-12-8-4;15-13(16)9-1-5-11(6-2-9)19-12-7-3-10(4-8-12)14(17)18/h2*17H,5-16H2,1-4H3;1-8H,(H,15,16)(H,17,18). The fourth-order valence-electron chi connectivity index (χ4n) is 7.38. The van der Waals surface area contributed by atoms with Crippen LogP contribution in [0.15, 0.2) is 58.3 Å². The minimum Gasteiger partial charge on any atom is -0.478 e. The predicted octanol–water partition coefficient (Wildman–Crippen LogP) is 15.1. The Kier molecular flexibility index (Phi) is 31.9. The molecular weight excluding hydrogens is 711 g/mol. The summed E-state index contributed by atoms with van der Waals surface area (Å²) < 4.78 is 0. The Bertz CT molecular complexity index is 1000. The Morgan fingerprint density at radius 3 is 0.736 bits per heavy atom. The Morgan fingerprint density at radius 2 is 0.585 bits per heavy atom. The summed E-state index contributed by atoms with van der Waals surface area (Å²) in [5.41, 5.74) is 0.483. The van der Waals surface area contributed by atoms with Gasteiger partial charge < -0.3 is 10.2 Å². The molecule has 0 unspecified atom stereocenters. The Morgan fingerprint density at radius 1 is 0.396 bits per heavy atom. The van der Waals surface area contributed by atoms with Crippen LogP contribution in [0.25, 0.3) is 0 Å². The summed E-state index contributed by atoms with van der Waals surface area (Å²) in [5.74, 6) is -1.91. The molecule has 0 radical (unpaired) electrons. The van der Waals surface area contributed by atoms with Crippen LogP contribution in [0.3, 0.4) is 0 Å². The van der Waals surface area contributed by atoms with Crippen molar-refractivity contribution in [2.75, 3.05) is 49.3 Å². The number of hydrogen-bond donors (Lipinski definition) is 2. The maximum absolute atomic E-state index is 10.7. The van der Waals surface area contributed by atoms with Crippen LogP contribution in [0, 0.1) is 0 Å². The van der Waals surface area contributed by atoms with Crippen molar-refractivity contribution in [2.45, 2.75) is 168 Å². The monoisotopic (exact) mass is 795 g/mol. The van der Waals surface area contributed by atoms with Crippen LogP contribution in [-0.4, -0.2) is 71.4 Å². The third-order valence-electron chi connectivity index (χ3n) is 10.9. The van der Waals surface area contributed by atoms with Gasteiger partial charge in [0.25, 0.3) is 0 Å². The second-order valence-corrected chi connectivity index (χ2v) is 26.7. The fourth-order valence-corrected chi connectivity index (χ4v) is 20.0. The Hall–Kier alpha value is -1.41. The normalized spacial score (nSPS) is 11.9. The van der Waals surface area contributed by atoms with Gasteiger partial charge in [-0.2, -0.15) is 0 Å². The second-order valence-electron chi connectivity index (χ2n) is 15.6. The molecule has 2 aromatic carbocycles. The van der Waals surface area contributed by atoms with Crippen molar-refractivity contribution in [1.29, 1.82) is 0 Å². The van der Waals surface area contributed by atoms with Crippen molar-refractivity contribution in [1.82, 2.24) is 0 Å². The molecule has 0 bridgehead atoms. The van der Waals surface area contributed by atoms with E-state index in [0.717, 1.165) is 9.79 Å². The molecule has 0 aromatic heterocycles. The third-order valence-corrected chi connectivity index (χ3v) is 23.3. The Labute approximate surface area is 333 Å². The van der Waals surface area contributed by atoms with E-state index in [2.05, 4.69) is 55.4 Å². The molecule has 0 aliphatic rings. The van der Waals surface area contributed by atoms with Crippen molar-refractivity contribution in [3.05, 3.63) is 59.7 Å². The molecule has 2 rings (SSSR count). The average molecular weight is 795 g/mol. The molecule has 53 heavy (non-hydrogen) atoms. The third kappa shape index (κ3) is 24.0. The summed E-state index contributed by atoms with van der Waals surface area (Å²) in [7, 11) is -1.76. The number of hydrogen-bond acceptors (Lipinski definition) is 3. The number of aromatic carboxylic acids is 2. The zero-order valence-electron chi connectivity index (χ0n) is 35.7. The van der Waals surface area contributed by atoms with Crippen LogP contribution < -0.4 is 0 Å². The molecule has 0 fully saturated rings. The van der Waals surface area contributed by atoms with Crippen LogP contribution in [0.5, 0.6) is 0 Å². The summed E-state index contributed by atoms with van der Waals surface area (Å²) >= 11 is 1.44. The molecule has 0 amide bonds. The van der Waals surface area contributed by atoms with Crippen molar-refractivity contribution < 1.29 is 19.8 Å². The quantitative estimate of drug-likeness (QED) is 0.0839. The number of rotatable bonds is 28.